The molecule has 1 aromatic carbocycles. The molecule has 0 aliphatic carbocycles. The monoisotopic (exact) mass is 279 g/mol. The van der Waals surface area contributed by atoms with E-state index in [2.05, 4.69) is 5.32 Å². The maximum absolute atomic E-state index is 12.0. The fourth-order valence-electron chi connectivity index (χ4n) is 2.42. The standard InChI is InChI=1S/C14H21N3O3/c1-20-13-3-2-11(15)6-12(13)16-14(19)8-17-5-4-10(7-17)9-18/h2-3,6,10,18H,4-5,7-9,15H2,1H3,(H,16,19). The molecule has 1 aromatic rings. The van der Waals surface area contributed by atoms with Gasteiger partial charge in [-0.1, -0.05) is 0 Å². The summed E-state index contributed by atoms with van der Waals surface area (Å²) in [6.45, 7) is 2.10. The number of nitrogens with one attached hydrogen (secondary N) is 1. The van der Waals surface area contributed by atoms with Gasteiger partial charge in [-0.25, -0.2) is 0 Å². The first-order valence-corrected chi connectivity index (χ1v) is 6.69. The Kier molecular flexibility index (Phi) is 4.81. The minimum Gasteiger partial charge on any atom is -0.495 e. The number of hydrogen-bond donors (Lipinski definition) is 3. The van der Waals surface area contributed by atoms with Crippen molar-refractivity contribution in [2.45, 2.75) is 6.42 Å². The SMILES string of the molecule is COc1ccc(N)cc1NC(=O)CN1CCC(CO)C1. The van der Waals surface area contributed by atoms with Crippen molar-refractivity contribution in [2.75, 3.05) is 44.4 Å². The van der Waals surface area contributed by atoms with Crippen molar-refractivity contribution in [2.24, 2.45) is 5.92 Å². The lowest BCUT2D eigenvalue weighted by molar-refractivity contribution is -0.117. The molecule has 20 heavy (non-hydrogen) atoms. The van der Waals surface area contributed by atoms with Crippen LogP contribution in [0.5, 0.6) is 5.75 Å². The number of rotatable bonds is 5. The van der Waals surface area contributed by atoms with E-state index >= 15 is 0 Å². The fourth-order valence-corrected chi connectivity index (χ4v) is 2.42. The number of hydrogen-bond acceptors (Lipinski definition) is 5. The average molecular weight is 279 g/mol. The van der Waals surface area contributed by atoms with Gasteiger partial charge in [0.25, 0.3) is 0 Å². The second kappa shape index (κ2) is 6.58. The number of aliphatic hydroxyl groups excluding tert-OH is 1. The number of anilines is 2. The molecular formula is C14H21N3O3. The van der Waals surface area contributed by atoms with Crippen LogP contribution in [0.3, 0.4) is 0 Å². The van der Waals surface area contributed by atoms with Crippen molar-refractivity contribution in [3.63, 3.8) is 0 Å². The van der Waals surface area contributed by atoms with E-state index in [1.54, 1.807) is 25.3 Å². The van der Waals surface area contributed by atoms with E-state index < -0.39 is 0 Å². The summed E-state index contributed by atoms with van der Waals surface area (Å²) < 4.78 is 5.19. The number of carbonyl (C=O) groups excluding carboxylic acids is 1. The first-order chi connectivity index (χ1) is 9.62. The lowest BCUT2D eigenvalue weighted by atomic mass is 10.1. The minimum absolute atomic E-state index is 0.104. The number of likely N-dealkylation sites (tertiary alicyclic amines) is 1. The van der Waals surface area contributed by atoms with Crippen LogP contribution in [0.2, 0.25) is 0 Å². The van der Waals surface area contributed by atoms with Gasteiger partial charge in [0.2, 0.25) is 5.91 Å². The predicted molar refractivity (Wildman–Crippen MR) is 77.7 cm³/mol. The first-order valence-electron chi connectivity index (χ1n) is 6.69. The molecule has 0 bridgehead atoms. The zero-order chi connectivity index (χ0) is 14.5. The summed E-state index contributed by atoms with van der Waals surface area (Å²) in [4.78, 5) is 14.1. The Hall–Kier alpha value is -1.79. The molecule has 0 radical (unpaired) electrons. The second-order valence-electron chi connectivity index (χ2n) is 5.08. The molecule has 6 nitrogen and oxygen atoms in total. The summed E-state index contributed by atoms with van der Waals surface area (Å²) >= 11 is 0. The Morgan fingerprint density at radius 3 is 3.05 bits per heavy atom. The number of nitrogens with two attached hydrogens (primary N) is 1. The normalized spacial score (nSPS) is 19.0. The van der Waals surface area contributed by atoms with Gasteiger partial charge in [0, 0.05) is 18.8 Å². The quantitative estimate of drug-likeness (QED) is 0.684. The van der Waals surface area contributed by atoms with Gasteiger partial charge in [-0.2, -0.15) is 0 Å². The topological polar surface area (TPSA) is 87.8 Å². The van der Waals surface area contributed by atoms with Crippen LogP contribution in [0.15, 0.2) is 18.2 Å². The Bertz CT molecular complexity index is 479. The third-order valence-corrected chi connectivity index (χ3v) is 3.49. The lowest BCUT2D eigenvalue weighted by Crippen LogP contribution is -2.32. The van der Waals surface area contributed by atoms with Crippen molar-refractivity contribution in [1.29, 1.82) is 0 Å². The predicted octanol–water partition coefficient (Wildman–Crippen LogP) is 0.530. The second-order valence-corrected chi connectivity index (χ2v) is 5.08. The molecule has 1 aliphatic rings. The molecular weight excluding hydrogens is 258 g/mol. The Morgan fingerprint density at radius 1 is 1.60 bits per heavy atom. The Morgan fingerprint density at radius 2 is 2.40 bits per heavy atom. The van der Waals surface area contributed by atoms with Gasteiger partial charge in [-0.05, 0) is 37.1 Å². The van der Waals surface area contributed by atoms with E-state index in [1.165, 1.54) is 0 Å². The van der Waals surface area contributed by atoms with E-state index in [0.717, 1.165) is 19.5 Å². The minimum atomic E-state index is -0.104. The van der Waals surface area contributed by atoms with E-state index in [0.29, 0.717) is 23.7 Å². The number of aliphatic hydroxyl groups is 1. The van der Waals surface area contributed by atoms with E-state index in [1.807, 2.05) is 4.90 Å². The molecule has 1 atom stereocenters. The van der Waals surface area contributed by atoms with Crippen molar-refractivity contribution in [3.8, 4) is 5.75 Å². The van der Waals surface area contributed by atoms with Gasteiger partial charge in [-0.3, -0.25) is 9.69 Å². The summed E-state index contributed by atoms with van der Waals surface area (Å²) in [7, 11) is 1.55. The molecule has 1 saturated heterocycles. The van der Waals surface area contributed by atoms with Crippen LogP contribution >= 0.6 is 0 Å². The maximum atomic E-state index is 12.0. The highest BCUT2D eigenvalue weighted by molar-refractivity contribution is 5.94. The van der Waals surface area contributed by atoms with E-state index in [4.69, 9.17) is 15.6 Å². The largest absolute Gasteiger partial charge is 0.495 e. The molecule has 0 aromatic heterocycles. The van der Waals surface area contributed by atoms with Crippen molar-refractivity contribution < 1.29 is 14.6 Å². The summed E-state index contributed by atoms with van der Waals surface area (Å²) in [5, 5.41) is 11.9. The van der Waals surface area contributed by atoms with E-state index in [-0.39, 0.29) is 18.4 Å². The Labute approximate surface area is 118 Å². The summed E-state index contributed by atoms with van der Waals surface area (Å²) in [6.07, 6.45) is 0.936. The van der Waals surface area contributed by atoms with Crippen LogP contribution in [-0.2, 0) is 4.79 Å². The Balaban J connectivity index is 1.93. The van der Waals surface area contributed by atoms with Gasteiger partial charge in [0.1, 0.15) is 5.75 Å². The zero-order valence-electron chi connectivity index (χ0n) is 11.6. The highest BCUT2D eigenvalue weighted by Gasteiger charge is 2.23. The number of nitrogen functional groups attached to an aromatic ring is 1. The van der Waals surface area contributed by atoms with Gasteiger partial charge in [0.05, 0.1) is 19.3 Å². The van der Waals surface area contributed by atoms with E-state index in [9.17, 15) is 4.79 Å². The third kappa shape index (κ3) is 3.61. The first kappa shape index (κ1) is 14.6. The molecule has 1 fully saturated rings. The summed E-state index contributed by atoms with van der Waals surface area (Å²) in [5.41, 5.74) is 6.86. The number of amides is 1. The molecule has 4 N–H and O–H groups in total. The van der Waals surface area contributed by atoms with Crippen LogP contribution in [0.4, 0.5) is 11.4 Å². The van der Waals surface area contributed by atoms with Crippen LogP contribution < -0.4 is 15.8 Å². The van der Waals surface area contributed by atoms with Gasteiger partial charge in [0.15, 0.2) is 0 Å². The van der Waals surface area contributed by atoms with Crippen molar-refractivity contribution in [1.82, 2.24) is 4.90 Å². The summed E-state index contributed by atoms with van der Waals surface area (Å²) in [5.74, 6) is 0.763. The number of nitrogens with zero attached hydrogens (tertiary/aromatic N) is 1. The lowest BCUT2D eigenvalue weighted by Gasteiger charge is -2.16. The van der Waals surface area contributed by atoms with Crippen LogP contribution in [0.25, 0.3) is 0 Å². The van der Waals surface area contributed by atoms with Gasteiger partial charge >= 0.3 is 0 Å². The zero-order valence-corrected chi connectivity index (χ0v) is 11.6. The highest BCUT2D eigenvalue weighted by Crippen LogP contribution is 2.26. The summed E-state index contributed by atoms with van der Waals surface area (Å²) in [6, 6.07) is 5.13. The fraction of sp³-hybridized carbons (Fsp3) is 0.500. The molecule has 1 aliphatic heterocycles. The molecule has 0 saturated carbocycles. The molecule has 110 valence electrons. The van der Waals surface area contributed by atoms with Crippen LogP contribution in [-0.4, -0.2) is 49.3 Å². The van der Waals surface area contributed by atoms with Gasteiger partial charge in [-0.15, -0.1) is 0 Å². The van der Waals surface area contributed by atoms with Crippen LogP contribution in [0, 0.1) is 5.92 Å². The number of carbonyl (C=O) groups is 1. The molecule has 1 heterocycles. The van der Waals surface area contributed by atoms with Crippen molar-refractivity contribution >= 4 is 17.3 Å². The molecule has 6 heteroatoms. The maximum Gasteiger partial charge on any atom is 0.238 e. The smallest absolute Gasteiger partial charge is 0.238 e. The number of ether oxygens (including phenoxy) is 1. The van der Waals surface area contributed by atoms with Crippen LogP contribution in [0.1, 0.15) is 6.42 Å². The van der Waals surface area contributed by atoms with Crippen molar-refractivity contribution in [3.05, 3.63) is 18.2 Å². The molecule has 1 amide bonds. The highest BCUT2D eigenvalue weighted by atomic mass is 16.5. The molecule has 2 rings (SSSR count). The number of benzene rings is 1. The van der Waals surface area contributed by atoms with Gasteiger partial charge < -0.3 is 20.9 Å². The average Bonchev–Trinajstić information content (AvgIpc) is 2.86. The number of methoxy groups -OCH3 is 1. The molecule has 1 unspecified atom stereocenters. The third-order valence-electron chi connectivity index (χ3n) is 3.49. The molecule has 0 spiro atoms.